The quantitative estimate of drug-likeness (QED) is 0.783. The average molecular weight is 290 g/mol. The van der Waals surface area contributed by atoms with E-state index in [1.54, 1.807) is 18.2 Å². The standard InChI is InChI=1S/C16H22N2O3/c1-11(18(3)4)10-17-16(21)14-7-5-6-13(12(14)2)8-9-15(19)20/h5-9,11H,10H2,1-4H3,(H,17,21)(H,19,20). The van der Waals surface area contributed by atoms with Crippen molar-refractivity contribution in [1.82, 2.24) is 10.2 Å². The molecule has 0 aliphatic heterocycles. The molecule has 1 aromatic carbocycles. The van der Waals surface area contributed by atoms with Gasteiger partial charge < -0.3 is 15.3 Å². The molecule has 1 unspecified atom stereocenters. The van der Waals surface area contributed by atoms with E-state index in [0.717, 1.165) is 17.2 Å². The second kappa shape index (κ2) is 7.59. The van der Waals surface area contributed by atoms with Gasteiger partial charge in [0.2, 0.25) is 0 Å². The highest BCUT2D eigenvalue weighted by Gasteiger charge is 2.12. The summed E-state index contributed by atoms with van der Waals surface area (Å²) in [5, 5.41) is 11.6. The number of carbonyl (C=O) groups is 2. The number of hydrogen-bond donors (Lipinski definition) is 2. The largest absolute Gasteiger partial charge is 0.478 e. The summed E-state index contributed by atoms with van der Waals surface area (Å²) >= 11 is 0. The topological polar surface area (TPSA) is 69.6 Å². The normalized spacial score (nSPS) is 12.6. The van der Waals surface area contributed by atoms with E-state index in [4.69, 9.17) is 5.11 Å². The number of aliphatic carboxylic acids is 1. The smallest absolute Gasteiger partial charge is 0.328 e. The number of rotatable bonds is 6. The molecule has 114 valence electrons. The molecule has 5 nitrogen and oxygen atoms in total. The first-order valence-corrected chi connectivity index (χ1v) is 6.78. The minimum Gasteiger partial charge on any atom is -0.478 e. The lowest BCUT2D eigenvalue weighted by Gasteiger charge is -2.20. The third kappa shape index (κ3) is 5.04. The summed E-state index contributed by atoms with van der Waals surface area (Å²) in [4.78, 5) is 24.8. The molecule has 0 aromatic heterocycles. The van der Waals surface area contributed by atoms with Gasteiger partial charge in [-0.15, -0.1) is 0 Å². The predicted molar refractivity (Wildman–Crippen MR) is 83.3 cm³/mol. The fraction of sp³-hybridized carbons (Fsp3) is 0.375. The highest BCUT2D eigenvalue weighted by atomic mass is 16.4. The highest BCUT2D eigenvalue weighted by molar-refractivity contribution is 5.97. The van der Waals surface area contributed by atoms with E-state index in [1.807, 2.05) is 32.8 Å². The predicted octanol–water partition coefficient (Wildman–Crippen LogP) is 1.77. The summed E-state index contributed by atoms with van der Waals surface area (Å²) < 4.78 is 0. The van der Waals surface area contributed by atoms with Gasteiger partial charge in [-0.05, 0) is 51.2 Å². The van der Waals surface area contributed by atoms with Crippen molar-refractivity contribution in [3.8, 4) is 0 Å². The number of nitrogens with one attached hydrogen (secondary N) is 1. The summed E-state index contributed by atoms with van der Waals surface area (Å²) in [6, 6.07) is 5.51. The summed E-state index contributed by atoms with van der Waals surface area (Å²) in [5.41, 5.74) is 2.06. The molecule has 0 aliphatic rings. The Balaban J connectivity index is 2.86. The Labute approximate surface area is 125 Å². The minimum atomic E-state index is -1.01. The zero-order chi connectivity index (χ0) is 16.0. The molecule has 1 atom stereocenters. The average Bonchev–Trinajstić information content (AvgIpc) is 2.42. The summed E-state index contributed by atoms with van der Waals surface area (Å²) in [7, 11) is 3.92. The van der Waals surface area contributed by atoms with Crippen LogP contribution in [0, 0.1) is 6.92 Å². The molecule has 1 amide bonds. The van der Waals surface area contributed by atoms with Crippen molar-refractivity contribution < 1.29 is 14.7 Å². The Hall–Kier alpha value is -2.14. The van der Waals surface area contributed by atoms with Crippen LogP contribution in [0.3, 0.4) is 0 Å². The summed E-state index contributed by atoms with van der Waals surface area (Å²) in [6.45, 7) is 4.39. The lowest BCUT2D eigenvalue weighted by atomic mass is 10.0. The van der Waals surface area contributed by atoms with Crippen LogP contribution in [0.4, 0.5) is 0 Å². The van der Waals surface area contributed by atoms with Crippen molar-refractivity contribution in [1.29, 1.82) is 0 Å². The van der Waals surface area contributed by atoms with E-state index < -0.39 is 5.97 Å². The van der Waals surface area contributed by atoms with Crippen molar-refractivity contribution in [2.75, 3.05) is 20.6 Å². The summed E-state index contributed by atoms with van der Waals surface area (Å²) in [6.07, 6.45) is 2.56. The van der Waals surface area contributed by atoms with Gasteiger partial charge in [-0.25, -0.2) is 4.79 Å². The van der Waals surface area contributed by atoms with Crippen LogP contribution < -0.4 is 5.32 Å². The van der Waals surface area contributed by atoms with Crippen LogP contribution in [0.1, 0.15) is 28.4 Å². The molecule has 0 aliphatic carbocycles. The SMILES string of the molecule is Cc1c(C=CC(=O)O)cccc1C(=O)NCC(C)N(C)C. The lowest BCUT2D eigenvalue weighted by molar-refractivity contribution is -0.131. The van der Waals surface area contributed by atoms with Crippen LogP contribution >= 0.6 is 0 Å². The lowest BCUT2D eigenvalue weighted by Crippen LogP contribution is -2.38. The molecule has 0 fully saturated rings. The molecule has 0 saturated carbocycles. The van der Waals surface area contributed by atoms with Crippen molar-refractivity contribution >= 4 is 18.0 Å². The fourth-order valence-electron chi connectivity index (χ4n) is 1.76. The van der Waals surface area contributed by atoms with Gasteiger partial charge in [0.05, 0.1) is 0 Å². The molecule has 0 heterocycles. The van der Waals surface area contributed by atoms with E-state index in [0.29, 0.717) is 12.1 Å². The van der Waals surface area contributed by atoms with Crippen LogP contribution in [0.5, 0.6) is 0 Å². The van der Waals surface area contributed by atoms with Gasteiger partial charge in [-0.1, -0.05) is 12.1 Å². The van der Waals surface area contributed by atoms with Gasteiger partial charge in [0, 0.05) is 24.2 Å². The Morgan fingerprint density at radius 3 is 2.62 bits per heavy atom. The number of benzene rings is 1. The molecule has 0 saturated heterocycles. The maximum Gasteiger partial charge on any atom is 0.328 e. The van der Waals surface area contributed by atoms with Crippen molar-refractivity contribution in [2.24, 2.45) is 0 Å². The maximum atomic E-state index is 12.2. The number of carbonyl (C=O) groups excluding carboxylic acids is 1. The Bertz CT molecular complexity index is 550. The first-order chi connectivity index (χ1) is 9.82. The van der Waals surface area contributed by atoms with Crippen LogP contribution in [-0.4, -0.2) is 48.6 Å². The molecule has 21 heavy (non-hydrogen) atoms. The van der Waals surface area contributed by atoms with E-state index in [2.05, 4.69) is 5.32 Å². The van der Waals surface area contributed by atoms with E-state index >= 15 is 0 Å². The molecule has 1 aromatic rings. The Morgan fingerprint density at radius 2 is 2.05 bits per heavy atom. The van der Waals surface area contributed by atoms with Crippen molar-refractivity contribution in [3.05, 3.63) is 41.0 Å². The Morgan fingerprint density at radius 1 is 1.38 bits per heavy atom. The third-order valence-corrected chi connectivity index (χ3v) is 3.47. The molecule has 2 N–H and O–H groups in total. The van der Waals surface area contributed by atoms with Gasteiger partial charge in [-0.3, -0.25) is 4.79 Å². The number of carboxylic acid groups (broad SMARTS) is 1. The zero-order valence-corrected chi connectivity index (χ0v) is 12.9. The van der Waals surface area contributed by atoms with Crippen LogP contribution in [0.25, 0.3) is 6.08 Å². The second-order valence-corrected chi connectivity index (χ2v) is 5.21. The first-order valence-electron chi connectivity index (χ1n) is 6.78. The first kappa shape index (κ1) is 16.9. The molecule has 5 heteroatoms. The molecular weight excluding hydrogens is 268 g/mol. The van der Waals surface area contributed by atoms with E-state index in [-0.39, 0.29) is 11.9 Å². The monoisotopic (exact) mass is 290 g/mol. The number of hydrogen-bond acceptors (Lipinski definition) is 3. The van der Waals surface area contributed by atoms with E-state index in [9.17, 15) is 9.59 Å². The molecular formula is C16H22N2O3. The number of carboxylic acids is 1. The van der Waals surface area contributed by atoms with Gasteiger partial charge in [0.15, 0.2) is 0 Å². The maximum absolute atomic E-state index is 12.2. The second-order valence-electron chi connectivity index (χ2n) is 5.21. The molecule has 1 rings (SSSR count). The van der Waals surface area contributed by atoms with E-state index in [1.165, 1.54) is 6.08 Å². The summed E-state index contributed by atoms with van der Waals surface area (Å²) in [5.74, 6) is -1.16. The number of likely N-dealkylation sites (N-methyl/N-ethyl adjacent to an activating group) is 1. The third-order valence-electron chi connectivity index (χ3n) is 3.47. The van der Waals surface area contributed by atoms with Gasteiger partial charge in [-0.2, -0.15) is 0 Å². The van der Waals surface area contributed by atoms with Gasteiger partial charge >= 0.3 is 5.97 Å². The number of nitrogens with zero attached hydrogens (tertiary/aromatic N) is 1. The minimum absolute atomic E-state index is 0.147. The number of amides is 1. The molecule has 0 radical (unpaired) electrons. The molecule has 0 spiro atoms. The van der Waals surface area contributed by atoms with Crippen LogP contribution in [0.2, 0.25) is 0 Å². The Kier molecular flexibility index (Phi) is 6.11. The van der Waals surface area contributed by atoms with Crippen LogP contribution in [-0.2, 0) is 4.79 Å². The van der Waals surface area contributed by atoms with Crippen molar-refractivity contribution in [3.63, 3.8) is 0 Å². The highest BCUT2D eigenvalue weighted by Crippen LogP contribution is 2.15. The fourth-order valence-corrected chi connectivity index (χ4v) is 1.76. The van der Waals surface area contributed by atoms with Gasteiger partial charge in [0.1, 0.15) is 0 Å². The van der Waals surface area contributed by atoms with Crippen molar-refractivity contribution in [2.45, 2.75) is 19.9 Å². The van der Waals surface area contributed by atoms with Crippen LogP contribution in [0.15, 0.2) is 24.3 Å². The molecule has 0 bridgehead atoms. The van der Waals surface area contributed by atoms with Gasteiger partial charge in [0.25, 0.3) is 5.91 Å². The zero-order valence-electron chi connectivity index (χ0n) is 12.9.